The van der Waals surface area contributed by atoms with Crippen LogP contribution in [0.15, 0.2) is 10.6 Å². The van der Waals surface area contributed by atoms with Gasteiger partial charge in [-0.25, -0.2) is 0 Å². The zero-order valence-corrected chi connectivity index (χ0v) is 9.90. The third-order valence-electron chi connectivity index (χ3n) is 1.81. The highest BCUT2D eigenvalue weighted by Gasteiger charge is 2.53. The van der Waals surface area contributed by atoms with Gasteiger partial charge in [-0.3, -0.25) is 0 Å². The van der Waals surface area contributed by atoms with Crippen LogP contribution in [0.5, 0.6) is 0 Å². The van der Waals surface area contributed by atoms with E-state index >= 15 is 0 Å². The summed E-state index contributed by atoms with van der Waals surface area (Å²) in [6.45, 7) is 0.600. The maximum absolute atomic E-state index is 11.5. The Morgan fingerprint density at radius 3 is 1.94 bits per heavy atom. The van der Waals surface area contributed by atoms with E-state index in [0.717, 1.165) is 14.2 Å². The summed E-state index contributed by atoms with van der Waals surface area (Å²) in [4.78, 5) is 8.23. The molecule has 0 saturated carbocycles. The highest BCUT2D eigenvalue weighted by molar-refractivity contribution is 4.63. The molecule has 1 N–H and O–H groups in total. The van der Waals surface area contributed by atoms with Crippen LogP contribution < -0.4 is 0 Å². The van der Waals surface area contributed by atoms with Gasteiger partial charge in [0.05, 0.1) is 0 Å². The van der Waals surface area contributed by atoms with Gasteiger partial charge in [0.25, 0.3) is 0 Å². The van der Waals surface area contributed by atoms with Crippen LogP contribution in [0, 0.1) is 10.4 Å². The molecule has 0 aromatic rings. The molecule has 0 radical (unpaired) electrons. The molecule has 0 atom stereocenters. The van der Waals surface area contributed by atoms with E-state index in [4.69, 9.17) is 4.74 Å². The van der Waals surface area contributed by atoms with Crippen molar-refractivity contribution in [2.24, 2.45) is 10.6 Å². The summed E-state index contributed by atoms with van der Waals surface area (Å²) in [5, 5.41) is 38.3. The van der Waals surface area contributed by atoms with Gasteiger partial charge in [0.15, 0.2) is 13.2 Å². The number of hydrogen-bond acceptors (Lipinski definition) is 8. The molecule has 0 spiro atoms. The van der Waals surface area contributed by atoms with Crippen molar-refractivity contribution in [3.05, 3.63) is 10.4 Å². The minimum atomic E-state index is -2.08. The van der Waals surface area contributed by atoms with Crippen LogP contribution in [0.4, 0.5) is 0 Å². The summed E-state index contributed by atoms with van der Waals surface area (Å²) < 4.78 is 4.95. The molecule has 0 rings (SSSR count). The van der Waals surface area contributed by atoms with Gasteiger partial charge in [0.1, 0.15) is 14.2 Å². The summed E-state index contributed by atoms with van der Waals surface area (Å²) in [6.07, 6.45) is 0. The van der Waals surface area contributed by atoms with Gasteiger partial charge >= 0.3 is 5.66 Å². The quantitative estimate of drug-likeness (QED) is 0.275. The maximum atomic E-state index is 11.5. The Labute approximate surface area is 97.8 Å². The second-order valence-corrected chi connectivity index (χ2v) is 2.85. The van der Waals surface area contributed by atoms with Gasteiger partial charge in [-0.1, -0.05) is 0 Å². The molecule has 0 aliphatic carbocycles. The summed E-state index contributed by atoms with van der Waals surface area (Å²) >= 11 is 0. The third-order valence-corrected chi connectivity index (χ3v) is 1.81. The maximum Gasteiger partial charge on any atom is 0.469 e. The molecule has 0 aromatic carbocycles. The van der Waals surface area contributed by atoms with Crippen molar-refractivity contribution < 1.29 is 29.2 Å². The Morgan fingerprint density at radius 2 is 1.65 bits per heavy atom. The van der Waals surface area contributed by atoms with Crippen LogP contribution in [0.1, 0.15) is 6.92 Å². The zero-order valence-electron chi connectivity index (χ0n) is 9.90. The Hall–Kier alpha value is -1.68. The molecule has 0 aliphatic rings. The first-order valence-electron chi connectivity index (χ1n) is 4.70. The number of hydroxylamine groups is 2. The van der Waals surface area contributed by atoms with E-state index in [9.17, 15) is 15.5 Å². The van der Waals surface area contributed by atoms with Crippen LogP contribution in [0.3, 0.4) is 0 Å². The van der Waals surface area contributed by atoms with Crippen molar-refractivity contribution in [3.8, 4) is 0 Å². The van der Waals surface area contributed by atoms with E-state index in [2.05, 4.69) is 20.2 Å². The molecule has 0 saturated heterocycles. The molecule has 0 aromatic heterocycles. The molecule has 0 unspecified atom stereocenters. The molecular weight excluding hydrogens is 236 g/mol. The molecule has 10 nitrogen and oxygen atoms in total. The number of aliphatic hydroxyl groups excluding tert-OH is 1. The van der Waals surface area contributed by atoms with E-state index in [1.165, 1.54) is 0 Å². The second kappa shape index (κ2) is 7.57. The lowest BCUT2D eigenvalue weighted by atomic mass is 10.2. The summed E-state index contributed by atoms with van der Waals surface area (Å²) in [7, 11) is 2.24. The van der Waals surface area contributed by atoms with Crippen LogP contribution in [0.25, 0.3) is 0 Å². The van der Waals surface area contributed by atoms with Crippen molar-refractivity contribution >= 4 is 0 Å². The predicted molar refractivity (Wildman–Crippen MR) is 52.4 cm³/mol. The Bertz CT molecular complexity index is 262. The first-order valence-corrected chi connectivity index (χ1v) is 4.70. The van der Waals surface area contributed by atoms with Crippen molar-refractivity contribution in [1.82, 2.24) is 0 Å². The van der Waals surface area contributed by atoms with E-state index < -0.39 is 18.9 Å². The smallest absolute Gasteiger partial charge is 0.469 e. The Morgan fingerprint density at radius 1 is 1.18 bits per heavy atom. The number of nitrogens with zero attached hydrogens (tertiary/aromatic N) is 4. The average molecular weight is 252 g/mol. The second-order valence-electron chi connectivity index (χ2n) is 2.85. The van der Waals surface area contributed by atoms with Crippen molar-refractivity contribution in [2.75, 3.05) is 34.0 Å². The standard InChI is InChI=1S/C7H16N4O6/c1-4-17-6-7(5-12,10(13)8-15-2)11(14)9-16-3/h12H,4-6H2,1-3H3. The lowest BCUT2D eigenvalue weighted by Crippen LogP contribution is -2.54. The fourth-order valence-electron chi connectivity index (χ4n) is 0.916. The molecular formula is C7H16N4O6. The highest BCUT2D eigenvalue weighted by atomic mass is 16.7. The van der Waals surface area contributed by atoms with Crippen LogP contribution in [-0.4, -0.2) is 54.5 Å². The zero-order chi connectivity index (χ0) is 13.3. The number of ether oxygens (including phenoxy) is 1. The van der Waals surface area contributed by atoms with E-state index in [1.807, 2.05) is 0 Å². The van der Waals surface area contributed by atoms with Crippen LogP contribution in [0.2, 0.25) is 0 Å². The van der Waals surface area contributed by atoms with Crippen LogP contribution >= 0.6 is 0 Å². The van der Waals surface area contributed by atoms with E-state index in [-0.39, 0.29) is 16.3 Å². The molecule has 0 amide bonds. The van der Waals surface area contributed by atoms with Gasteiger partial charge < -0.3 is 29.9 Å². The first kappa shape index (κ1) is 15.3. The average Bonchev–Trinajstić information content (AvgIpc) is 2.31. The fraction of sp³-hybridized carbons (Fsp3) is 1.00. The van der Waals surface area contributed by atoms with Gasteiger partial charge in [0.2, 0.25) is 10.6 Å². The molecule has 0 fully saturated rings. The SMILES string of the molecule is CCOCC(CO)([N+]([O-])=NOC)[N+]([O-])=NOC. The van der Waals surface area contributed by atoms with Gasteiger partial charge in [-0.05, 0) is 6.92 Å². The first-order chi connectivity index (χ1) is 8.08. The lowest BCUT2D eigenvalue weighted by Gasteiger charge is -2.21. The summed E-state index contributed by atoms with van der Waals surface area (Å²) in [5.74, 6) is 0. The number of aliphatic hydroxyl groups is 1. The van der Waals surface area contributed by atoms with Gasteiger partial charge in [-0.15, -0.1) is 0 Å². The summed E-state index contributed by atoms with van der Waals surface area (Å²) in [6, 6.07) is 0. The molecule has 10 heteroatoms. The van der Waals surface area contributed by atoms with Crippen molar-refractivity contribution in [1.29, 1.82) is 0 Å². The largest absolute Gasteiger partial charge is 0.592 e. The number of rotatable bonds is 8. The normalized spacial score (nSPS) is 16.5. The van der Waals surface area contributed by atoms with Crippen LogP contribution in [-0.2, 0) is 14.4 Å². The molecule has 0 heterocycles. The minimum Gasteiger partial charge on any atom is -0.592 e. The molecule has 0 bridgehead atoms. The van der Waals surface area contributed by atoms with Gasteiger partial charge in [-0.2, -0.15) is 0 Å². The Balaban J connectivity index is 5.28. The minimum absolute atomic E-state index is 0.127. The van der Waals surface area contributed by atoms with Crippen molar-refractivity contribution in [3.63, 3.8) is 0 Å². The monoisotopic (exact) mass is 252 g/mol. The lowest BCUT2D eigenvalue weighted by molar-refractivity contribution is -0.849. The van der Waals surface area contributed by atoms with E-state index in [1.54, 1.807) is 6.92 Å². The topological polar surface area (TPSA) is 125 Å². The predicted octanol–water partition coefficient (Wildman–Crippen LogP) is -0.241. The number of hydrogen-bond donors (Lipinski definition) is 1. The third kappa shape index (κ3) is 3.67. The van der Waals surface area contributed by atoms with Crippen molar-refractivity contribution in [2.45, 2.75) is 12.6 Å². The summed E-state index contributed by atoms with van der Waals surface area (Å²) in [5.41, 5.74) is -2.08. The van der Waals surface area contributed by atoms with E-state index in [0.29, 0.717) is 0 Å². The molecule has 17 heavy (non-hydrogen) atoms. The fourth-order valence-corrected chi connectivity index (χ4v) is 0.916. The molecule has 0 aliphatic heterocycles. The van der Waals surface area contributed by atoms with Gasteiger partial charge in [0, 0.05) is 16.3 Å². The Kier molecular flexibility index (Phi) is 6.82. The highest BCUT2D eigenvalue weighted by Crippen LogP contribution is 2.14. The molecule has 100 valence electrons.